The highest BCUT2D eigenvalue weighted by Crippen LogP contribution is 2.21. The quantitative estimate of drug-likeness (QED) is 0.636. The molecule has 7 heteroatoms. The number of carbonyl (C=O) groups excluding carboxylic acids is 1. The number of benzene rings is 2. The molecule has 0 bridgehead atoms. The van der Waals surface area contributed by atoms with Crippen LogP contribution in [0.4, 0.5) is 0 Å². The molecule has 1 N–H and O–H groups in total. The first kappa shape index (κ1) is 21.5. The lowest BCUT2D eigenvalue weighted by molar-refractivity contribution is 0.0600. The van der Waals surface area contributed by atoms with Gasteiger partial charge in [0, 0.05) is 6.04 Å². The smallest absolute Gasteiger partial charge is 0.337 e. The first-order valence-electron chi connectivity index (χ1n) is 9.91. The maximum Gasteiger partial charge on any atom is 0.337 e. The van der Waals surface area contributed by atoms with Crippen molar-refractivity contribution < 1.29 is 17.9 Å². The van der Waals surface area contributed by atoms with E-state index in [1.165, 1.54) is 20.0 Å². The molecule has 156 valence electrons. The average molecular weight is 417 g/mol. The third-order valence-corrected chi connectivity index (χ3v) is 6.55. The van der Waals surface area contributed by atoms with E-state index in [1.54, 1.807) is 24.3 Å². The second-order valence-corrected chi connectivity index (χ2v) is 9.12. The summed E-state index contributed by atoms with van der Waals surface area (Å²) in [5, 5.41) is 0. The lowest BCUT2D eigenvalue weighted by atomic mass is 10.0. The van der Waals surface area contributed by atoms with Crippen molar-refractivity contribution in [3.05, 3.63) is 71.3 Å². The molecule has 0 amide bonds. The van der Waals surface area contributed by atoms with Gasteiger partial charge in [-0.2, -0.15) is 0 Å². The van der Waals surface area contributed by atoms with Crippen LogP contribution in [0.2, 0.25) is 0 Å². The third kappa shape index (κ3) is 6.39. The van der Waals surface area contributed by atoms with Gasteiger partial charge in [0.2, 0.25) is 10.0 Å². The fraction of sp³-hybridized carbons (Fsp3) is 0.409. The fourth-order valence-corrected chi connectivity index (χ4v) is 5.03. The van der Waals surface area contributed by atoms with Crippen molar-refractivity contribution in [1.29, 1.82) is 0 Å². The van der Waals surface area contributed by atoms with E-state index in [9.17, 15) is 13.2 Å². The monoisotopic (exact) mass is 416 g/mol. The molecule has 1 fully saturated rings. The number of ether oxygens (including phenoxy) is 1. The van der Waals surface area contributed by atoms with Crippen molar-refractivity contribution in [2.24, 2.45) is 0 Å². The van der Waals surface area contributed by atoms with Crippen LogP contribution in [0.15, 0.2) is 54.6 Å². The normalized spacial score (nSPS) is 15.9. The number of carbonyl (C=O) groups is 1. The zero-order chi connectivity index (χ0) is 20.7. The number of likely N-dealkylation sites (tertiary alicyclic amines) is 1. The van der Waals surface area contributed by atoms with Crippen LogP contribution in [0, 0.1) is 0 Å². The highest BCUT2D eigenvalue weighted by Gasteiger charge is 2.22. The Labute approximate surface area is 172 Å². The number of esters is 1. The zero-order valence-corrected chi connectivity index (χ0v) is 17.5. The molecule has 1 heterocycles. The molecule has 1 atom stereocenters. The Hall–Kier alpha value is -2.22. The van der Waals surface area contributed by atoms with Crippen molar-refractivity contribution in [1.82, 2.24) is 9.62 Å². The molecule has 29 heavy (non-hydrogen) atoms. The fourth-order valence-electron chi connectivity index (χ4n) is 3.63. The predicted molar refractivity (Wildman–Crippen MR) is 113 cm³/mol. The maximum atomic E-state index is 12.8. The van der Waals surface area contributed by atoms with E-state index >= 15 is 0 Å². The van der Waals surface area contributed by atoms with Crippen molar-refractivity contribution in [3.63, 3.8) is 0 Å². The number of hydrogen-bond acceptors (Lipinski definition) is 5. The van der Waals surface area contributed by atoms with Crippen LogP contribution < -0.4 is 4.72 Å². The van der Waals surface area contributed by atoms with Crippen LogP contribution in [-0.2, 0) is 20.5 Å². The Morgan fingerprint density at radius 2 is 1.72 bits per heavy atom. The van der Waals surface area contributed by atoms with Crippen LogP contribution in [0.25, 0.3) is 0 Å². The van der Waals surface area contributed by atoms with Gasteiger partial charge in [-0.05, 0) is 62.2 Å². The van der Waals surface area contributed by atoms with Crippen molar-refractivity contribution >= 4 is 16.0 Å². The van der Waals surface area contributed by atoms with Crippen LogP contribution in [0.5, 0.6) is 0 Å². The van der Waals surface area contributed by atoms with E-state index in [0.717, 1.165) is 31.6 Å². The van der Waals surface area contributed by atoms with E-state index in [1.807, 2.05) is 30.3 Å². The van der Waals surface area contributed by atoms with Gasteiger partial charge in [0.1, 0.15) is 0 Å². The summed E-state index contributed by atoms with van der Waals surface area (Å²) >= 11 is 0. The Morgan fingerprint density at radius 1 is 1.07 bits per heavy atom. The molecule has 6 nitrogen and oxygen atoms in total. The summed E-state index contributed by atoms with van der Waals surface area (Å²) in [5.41, 5.74) is 1.99. The van der Waals surface area contributed by atoms with Crippen molar-refractivity contribution in [3.8, 4) is 0 Å². The first-order chi connectivity index (χ1) is 14.0. The maximum absolute atomic E-state index is 12.8. The molecular formula is C22H28N2O4S. The summed E-state index contributed by atoms with van der Waals surface area (Å²) in [6.45, 7) is 3.04. The number of rotatable bonds is 9. The van der Waals surface area contributed by atoms with Gasteiger partial charge in [0.25, 0.3) is 0 Å². The highest BCUT2D eigenvalue weighted by molar-refractivity contribution is 7.88. The lowest BCUT2D eigenvalue weighted by Gasteiger charge is -2.22. The van der Waals surface area contributed by atoms with E-state index in [2.05, 4.69) is 14.4 Å². The molecule has 0 radical (unpaired) electrons. The van der Waals surface area contributed by atoms with Gasteiger partial charge >= 0.3 is 5.97 Å². The van der Waals surface area contributed by atoms with E-state index < -0.39 is 16.0 Å². The lowest BCUT2D eigenvalue weighted by Crippen LogP contribution is -2.32. The first-order valence-corrected chi connectivity index (χ1v) is 11.6. The molecule has 2 aromatic rings. The molecular weight excluding hydrogens is 388 g/mol. The number of nitrogens with one attached hydrogen (secondary N) is 1. The summed E-state index contributed by atoms with van der Waals surface area (Å²) in [4.78, 5) is 13.9. The number of hydrogen-bond donors (Lipinski definition) is 1. The molecule has 0 spiro atoms. The minimum absolute atomic E-state index is 0.137. The summed E-state index contributed by atoms with van der Waals surface area (Å²) in [6, 6.07) is 15.9. The van der Waals surface area contributed by atoms with E-state index in [0.29, 0.717) is 11.1 Å². The predicted octanol–water partition coefficient (Wildman–Crippen LogP) is 3.12. The van der Waals surface area contributed by atoms with Crippen LogP contribution in [0.1, 0.15) is 46.8 Å². The summed E-state index contributed by atoms with van der Waals surface area (Å²) < 4.78 is 33.2. The van der Waals surface area contributed by atoms with Crippen LogP contribution in [-0.4, -0.2) is 46.0 Å². The minimum Gasteiger partial charge on any atom is -0.465 e. The molecule has 0 saturated carbocycles. The van der Waals surface area contributed by atoms with Gasteiger partial charge in [-0.3, -0.25) is 0 Å². The summed E-state index contributed by atoms with van der Waals surface area (Å²) in [5.74, 6) is -0.579. The van der Waals surface area contributed by atoms with Gasteiger partial charge in [0.15, 0.2) is 0 Å². The molecule has 1 aliphatic heterocycles. The average Bonchev–Trinajstić information content (AvgIpc) is 3.25. The van der Waals surface area contributed by atoms with Crippen LogP contribution in [0.3, 0.4) is 0 Å². The number of sulfonamides is 1. The Morgan fingerprint density at radius 3 is 2.34 bits per heavy atom. The standard InChI is InChI=1S/C22H28N2O4S/c1-28-22(25)20-11-9-18(10-12-20)17-29(26,27)23-21(19-7-3-2-4-8-19)13-16-24-14-5-6-15-24/h2-4,7-12,21,23H,5-6,13-17H2,1H3. The Bertz CT molecular complexity index is 892. The molecule has 1 unspecified atom stereocenters. The minimum atomic E-state index is -3.55. The van der Waals surface area contributed by atoms with Gasteiger partial charge in [-0.1, -0.05) is 42.5 Å². The molecule has 2 aromatic carbocycles. The third-order valence-electron chi connectivity index (χ3n) is 5.19. The number of methoxy groups -OCH3 is 1. The van der Waals surface area contributed by atoms with Gasteiger partial charge < -0.3 is 9.64 Å². The second kappa shape index (κ2) is 10.0. The molecule has 1 aliphatic rings. The topological polar surface area (TPSA) is 75.7 Å². The van der Waals surface area contributed by atoms with E-state index in [-0.39, 0.29) is 11.8 Å². The van der Waals surface area contributed by atoms with Gasteiger partial charge in [-0.25, -0.2) is 17.9 Å². The largest absolute Gasteiger partial charge is 0.465 e. The molecule has 0 aromatic heterocycles. The zero-order valence-electron chi connectivity index (χ0n) is 16.7. The van der Waals surface area contributed by atoms with Gasteiger partial charge in [-0.15, -0.1) is 0 Å². The van der Waals surface area contributed by atoms with Gasteiger partial charge in [0.05, 0.1) is 18.4 Å². The summed E-state index contributed by atoms with van der Waals surface area (Å²) in [6.07, 6.45) is 3.15. The second-order valence-electron chi connectivity index (χ2n) is 7.37. The van der Waals surface area contributed by atoms with Crippen molar-refractivity contribution in [2.45, 2.75) is 31.1 Å². The molecule has 0 aliphatic carbocycles. The SMILES string of the molecule is COC(=O)c1ccc(CS(=O)(=O)NC(CCN2CCCC2)c2ccccc2)cc1. The highest BCUT2D eigenvalue weighted by atomic mass is 32.2. The molecule has 3 rings (SSSR count). The summed E-state index contributed by atoms with van der Waals surface area (Å²) in [7, 11) is -2.24. The number of nitrogens with zero attached hydrogens (tertiary/aromatic N) is 1. The van der Waals surface area contributed by atoms with E-state index in [4.69, 9.17) is 0 Å². The van der Waals surface area contributed by atoms with Crippen LogP contribution >= 0.6 is 0 Å². The Balaban J connectivity index is 1.68. The van der Waals surface area contributed by atoms with Crippen molar-refractivity contribution in [2.75, 3.05) is 26.7 Å². The molecule has 1 saturated heterocycles. The Kier molecular flexibility index (Phi) is 7.41.